The molecule has 2 nitrogen and oxygen atoms in total. The summed E-state index contributed by atoms with van der Waals surface area (Å²) in [7, 11) is 0. The Hall–Kier alpha value is -0.610. The molecule has 12 heavy (non-hydrogen) atoms. The number of nitrogens with zero attached hydrogens (tertiary/aromatic N) is 1. The van der Waals surface area contributed by atoms with Gasteiger partial charge in [-0.2, -0.15) is 0 Å². The smallest absolute Gasteiger partial charge is 0.264 e. The van der Waals surface area contributed by atoms with Crippen LogP contribution in [0.4, 0.5) is 0 Å². The van der Waals surface area contributed by atoms with Gasteiger partial charge in [0.1, 0.15) is 11.5 Å². The minimum atomic E-state index is 0.545. The Bertz CT molecular complexity index is 380. The van der Waals surface area contributed by atoms with Crippen molar-refractivity contribution in [2.45, 2.75) is 6.92 Å². The molecule has 0 spiro atoms. The molecule has 2 heterocycles. The largest absolute Gasteiger partial charge is 0.436 e. The second-order valence-electron chi connectivity index (χ2n) is 2.35. The van der Waals surface area contributed by atoms with Gasteiger partial charge in [-0.3, -0.25) is 0 Å². The summed E-state index contributed by atoms with van der Waals surface area (Å²) in [5.41, 5.74) is 0.928. The Morgan fingerprint density at radius 3 is 2.92 bits per heavy atom. The number of hydrogen-bond donors (Lipinski definition) is 0. The fourth-order valence-electron chi connectivity index (χ4n) is 1.01. The van der Waals surface area contributed by atoms with Crippen LogP contribution in [0.25, 0.3) is 10.6 Å². The minimum Gasteiger partial charge on any atom is -0.436 e. The number of halogens is 1. The Labute approximate surface area is 82.4 Å². The summed E-state index contributed by atoms with van der Waals surface area (Å²) in [6, 6.07) is 4.03. The number of thiophene rings is 1. The van der Waals surface area contributed by atoms with Crippen LogP contribution in [0, 0.1) is 6.92 Å². The monoisotopic (exact) mass is 243 g/mol. The average Bonchev–Trinajstić information content (AvgIpc) is 2.58. The Morgan fingerprint density at radius 2 is 2.42 bits per heavy atom. The van der Waals surface area contributed by atoms with E-state index in [2.05, 4.69) is 20.9 Å². The molecule has 0 N–H and O–H groups in total. The molecule has 0 aliphatic heterocycles. The second kappa shape index (κ2) is 3.03. The van der Waals surface area contributed by atoms with E-state index in [1.54, 1.807) is 11.3 Å². The van der Waals surface area contributed by atoms with Gasteiger partial charge in [0.05, 0.1) is 4.88 Å². The minimum absolute atomic E-state index is 0.545. The zero-order valence-electron chi connectivity index (χ0n) is 6.37. The third kappa shape index (κ3) is 1.32. The molecule has 0 bridgehead atoms. The Balaban J connectivity index is 2.54. The van der Waals surface area contributed by atoms with E-state index in [9.17, 15) is 0 Å². The van der Waals surface area contributed by atoms with Crippen LogP contribution in [0.1, 0.15) is 5.76 Å². The fraction of sp³-hybridized carbons (Fsp3) is 0.125. The van der Waals surface area contributed by atoms with E-state index >= 15 is 0 Å². The quantitative estimate of drug-likeness (QED) is 0.767. The number of hydrogen-bond acceptors (Lipinski definition) is 3. The van der Waals surface area contributed by atoms with Gasteiger partial charge in [0.15, 0.2) is 0 Å². The van der Waals surface area contributed by atoms with Gasteiger partial charge in [-0.25, -0.2) is 4.98 Å². The predicted molar refractivity (Wildman–Crippen MR) is 52.3 cm³/mol. The van der Waals surface area contributed by atoms with Crippen molar-refractivity contribution in [3.05, 3.63) is 28.1 Å². The van der Waals surface area contributed by atoms with Gasteiger partial charge >= 0.3 is 0 Å². The first-order valence-corrected chi connectivity index (χ1v) is 5.11. The topological polar surface area (TPSA) is 26.0 Å². The molecule has 0 fully saturated rings. The fourth-order valence-corrected chi connectivity index (χ4v) is 2.19. The molecule has 0 radical (unpaired) electrons. The zero-order chi connectivity index (χ0) is 8.55. The molecule has 2 aromatic heterocycles. The van der Waals surface area contributed by atoms with Crippen molar-refractivity contribution in [3.63, 3.8) is 0 Å². The first-order valence-electron chi connectivity index (χ1n) is 3.44. The van der Waals surface area contributed by atoms with E-state index in [-0.39, 0.29) is 0 Å². The predicted octanol–water partition coefficient (Wildman–Crippen LogP) is 3.47. The van der Waals surface area contributed by atoms with Gasteiger partial charge in [-0.15, -0.1) is 11.3 Å². The van der Waals surface area contributed by atoms with Crippen LogP contribution < -0.4 is 0 Å². The van der Waals surface area contributed by atoms with Crippen LogP contribution in [0.5, 0.6) is 0 Å². The van der Waals surface area contributed by atoms with E-state index in [0.29, 0.717) is 4.80 Å². The van der Waals surface area contributed by atoms with Crippen LogP contribution in [-0.4, -0.2) is 4.98 Å². The van der Waals surface area contributed by atoms with Gasteiger partial charge in [-0.05, 0) is 18.4 Å². The molecule has 0 atom stereocenters. The first kappa shape index (κ1) is 8.01. The van der Waals surface area contributed by atoms with Crippen LogP contribution in [0.15, 0.2) is 26.7 Å². The van der Waals surface area contributed by atoms with Crippen molar-refractivity contribution in [2.75, 3.05) is 0 Å². The normalized spacial score (nSPS) is 10.5. The molecule has 0 saturated heterocycles. The molecule has 0 aromatic carbocycles. The molecule has 0 saturated carbocycles. The Kier molecular flexibility index (Phi) is 2.02. The van der Waals surface area contributed by atoms with Crippen LogP contribution in [0.2, 0.25) is 0 Å². The van der Waals surface area contributed by atoms with Gasteiger partial charge in [0, 0.05) is 15.9 Å². The highest BCUT2D eigenvalue weighted by molar-refractivity contribution is 9.10. The highest BCUT2D eigenvalue weighted by atomic mass is 79.9. The highest BCUT2D eigenvalue weighted by Crippen LogP contribution is 2.28. The highest BCUT2D eigenvalue weighted by Gasteiger charge is 2.09. The maximum atomic E-state index is 5.25. The van der Waals surface area contributed by atoms with Crippen LogP contribution in [-0.2, 0) is 0 Å². The van der Waals surface area contributed by atoms with Crippen molar-refractivity contribution in [3.8, 4) is 10.6 Å². The van der Waals surface area contributed by atoms with E-state index in [4.69, 9.17) is 4.42 Å². The van der Waals surface area contributed by atoms with Crippen molar-refractivity contribution in [1.29, 1.82) is 0 Å². The van der Waals surface area contributed by atoms with Crippen molar-refractivity contribution in [1.82, 2.24) is 4.98 Å². The van der Waals surface area contributed by atoms with E-state index < -0.39 is 0 Å². The second-order valence-corrected chi connectivity index (χ2v) is 3.97. The van der Waals surface area contributed by atoms with Crippen molar-refractivity contribution in [2.24, 2.45) is 0 Å². The molecular formula is C8H6BrNOS. The third-order valence-electron chi connectivity index (χ3n) is 1.53. The molecule has 0 aliphatic carbocycles. The molecule has 0 amide bonds. The van der Waals surface area contributed by atoms with Crippen molar-refractivity contribution < 1.29 is 4.42 Å². The third-order valence-corrected chi connectivity index (χ3v) is 2.74. The molecule has 2 aromatic rings. The number of oxazole rings is 1. The molecule has 2 rings (SSSR count). The molecule has 0 aliphatic rings. The lowest BCUT2D eigenvalue weighted by Crippen LogP contribution is -1.73. The SMILES string of the molecule is Cc1oc(Br)nc1-c1cccs1. The average molecular weight is 244 g/mol. The van der Waals surface area contributed by atoms with Gasteiger partial charge in [0.25, 0.3) is 4.80 Å². The van der Waals surface area contributed by atoms with Gasteiger partial charge < -0.3 is 4.42 Å². The van der Waals surface area contributed by atoms with Crippen LogP contribution in [0.3, 0.4) is 0 Å². The van der Waals surface area contributed by atoms with Gasteiger partial charge in [-0.1, -0.05) is 6.07 Å². The molecule has 4 heteroatoms. The lowest BCUT2D eigenvalue weighted by molar-refractivity contribution is 0.501. The summed E-state index contributed by atoms with van der Waals surface area (Å²) in [5.74, 6) is 0.851. The number of aryl methyl sites for hydroxylation is 1. The molecule has 0 unspecified atom stereocenters. The van der Waals surface area contributed by atoms with Crippen LogP contribution >= 0.6 is 27.3 Å². The Morgan fingerprint density at radius 1 is 1.58 bits per heavy atom. The van der Waals surface area contributed by atoms with Crippen molar-refractivity contribution >= 4 is 27.3 Å². The summed E-state index contributed by atoms with van der Waals surface area (Å²) < 4.78 is 5.25. The van der Waals surface area contributed by atoms with E-state index in [1.807, 2.05) is 24.4 Å². The first-order chi connectivity index (χ1) is 5.77. The summed E-state index contributed by atoms with van der Waals surface area (Å²) in [6.45, 7) is 1.91. The molecule has 62 valence electrons. The maximum absolute atomic E-state index is 5.25. The number of aromatic nitrogens is 1. The van der Waals surface area contributed by atoms with Gasteiger partial charge in [0.2, 0.25) is 0 Å². The standard InChI is InChI=1S/C8H6BrNOS/c1-5-7(10-8(9)11-5)6-3-2-4-12-6/h2-4H,1H3. The van der Waals surface area contributed by atoms with E-state index in [0.717, 1.165) is 16.3 Å². The van der Waals surface area contributed by atoms with E-state index in [1.165, 1.54) is 0 Å². The number of rotatable bonds is 1. The summed E-state index contributed by atoms with van der Waals surface area (Å²) in [6.07, 6.45) is 0. The zero-order valence-corrected chi connectivity index (χ0v) is 8.78. The lowest BCUT2D eigenvalue weighted by Gasteiger charge is -1.88. The summed E-state index contributed by atoms with van der Waals surface area (Å²) >= 11 is 4.86. The summed E-state index contributed by atoms with van der Waals surface area (Å²) in [5, 5.41) is 2.03. The lowest BCUT2D eigenvalue weighted by atomic mass is 10.3. The molecular weight excluding hydrogens is 238 g/mol. The summed E-state index contributed by atoms with van der Waals surface area (Å²) in [4.78, 5) is 5.90. The maximum Gasteiger partial charge on any atom is 0.264 e.